The van der Waals surface area contributed by atoms with Gasteiger partial charge in [-0.25, -0.2) is 4.79 Å². The SMILES string of the molecule is C=CCO[C@@]12Oc3ccc(OC(=O)NCC)cc3[C@H]3[C@H](CCCCO)[C@@H](CCCCO)C=C(C(=NOC)C[C@@H]1N(C)C(=O)CCC1CCCC1)[C@H]32. The number of carbonyl (C=O) groups is 2. The Balaban J connectivity index is 1.67. The van der Waals surface area contributed by atoms with Gasteiger partial charge in [0.15, 0.2) is 0 Å². The van der Waals surface area contributed by atoms with Crippen LogP contribution in [0.3, 0.4) is 0 Å². The van der Waals surface area contributed by atoms with E-state index in [-0.39, 0.29) is 43.5 Å². The van der Waals surface area contributed by atoms with Gasteiger partial charge in [-0.15, -0.1) is 6.58 Å². The minimum absolute atomic E-state index is 0.0477. The van der Waals surface area contributed by atoms with Crippen LogP contribution in [0.15, 0.2) is 47.7 Å². The van der Waals surface area contributed by atoms with Gasteiger partial charge in [0.05, 0.1) is 18.2 Å². The molecule has 6 atom stereocenters. The quantitative estimate of drug-likeness (QED) is 0.0894. The van der Waals surface area contributed by atoms with Crippen LogP contribution in [0.4, 0.5) is 4.79 Å². The van der Waals surface area contributed by atoms with Gasteiger partial charge in [0.25, 0.3) is 0 Å². The predicted molar refractivity (Wildman–Crippen MR) is 196 cm³/mol. The Labute approximate surface area is 303 Å². The van der Waals surface area contributed by atoms with E-state index in [1.807, 2.05) is 31.0 Å². The number of hydrogen-bond acceptors (Lipinski definition) is 9. The molecule has 282 valence electrons. The molecule has 3 N–H and O–H groups in total. The van der Waals surface area contributed by atoms with Crippen LogP contribution in [0, 0.1) is 23.7 Å². The van der Waals surface area contributed by atoms with Crippen molar-refractivity contribution in [2.24, 2.45) is 28.8 Å². The largest absolute Gasteiger partial charge is 0.459 e. The Morgan fingerprint density at radius 2 is 1.86 bits per heavy atom. The van der Waals surface area contributed by atoms with E-state index < -0.39 is 23.8 Å². The fourth-order valence-electron chi connectivity index (χ4n) is 9.17. The third-order valence-corrected chi connectivity index (χ3v) is 11.5. The summed E-state index contributed by atoms with van der Waals surface area (Å²) in [6, 6.07) is 4.96. The molecule has 2 amide bonds. The molecule has 0 unspecified atom stereocenters. The fraction of sp³-hybridized carbons (Fsp3) is 0.675. The lowest BCUT2D eigenvalue weighted by Gasteiger charge is -2.59. The highest BCUT2D eigenvalue weighted by Crippen LogP contribution is 2.61. The molecule has 0 radical (unpaired) electrons. The average molecular weight is 710 g/mol. The molecular formula is C40H59N3O8. The Morgan fingerprint density at radius 3 is 2.55 bits per heavy atom. The zero-order valence-electron chi connectivity index (χ0n) is 30.8. The van der Waals surface area contributed by atoms with E-state index in [0.717, 1.165) is 49.0 Å². The zero-order chi connectivity index (χ0) is 36.4. The van der Waals surface area contributed by atoms with E-state index in [2.05, 4.69) is 23.1 Å². The van der Waals surface area contributed by atoms with Gasteiger partial charge in [-0.2, -0.15) is 0 Å². The van der Waals surface area contributed by atoms with Crippen LogP contribution in [0.5, 0.6) is 11.5 Å². The van der Waals surface area contributed by atoms with Crippen molar-refractivity contribution in [2.75, 3.05) is 40.5 Å². The van der Waals surface area contributed by atoms with Crippen molar-refractivity contribution in [3.63, 3.8) is 0 Å². The van der Waals surface area contributed by atoms with Crippen molar-refractivity contribution in [2.45, 2.75) is 108 Å². The third kappa shape index (κ3) is 8.63. The maximum absolute atomic E-state index is 14.1. The van der Waals surface area contributed by atoms with E-state index in [1.165, 1.54) is 25.7 Å². The first-order chi connectivity index (χ1) is 24.8. The van der Waals surface area contributed by atoms with Crippen LogP contribution in [0.1, 0.15) is 102 Å². The molecule has 0 bridgehead atoms. The summed E-state index contributed by atoms with van der Waals surface area (Å²) in [5.41, 5.74) is 2.63. The minimum Gasteiger partial charge on any atom is -0.459 e. The number of ether oxygens (including phenoxy) is 3. The number of oxime groups is 1. The molecule has 0 aromatic heterocycles. The minimum atomic E-state index is -1.28. The maximum atomic E-state index is 14.1. The van der Waals surface area contributed by atoms with Crippen molar-refractivity contribution in [1.82, 2.24) is 10.2 Å². The van der Waals surface area contributed by atoms with Gasteiger partial charge in [0.2, 0.25) is 11.7 Å². The molecule has 51 heavy (non-hydrogen) atoms. The highest BCUT2D eigenvalue weighted by Gasteiger charge is 2.65. The summed E-state index contributed by atoms with van der Waals surface area (Å²) < 4.78 is 19.8. The molecule has 2 saturated carbocycles. The number of hydrogen-bond donors (Lipinski definition) is 3. The van der Waals surface area contributed by atoms with Gasteiger partial charge in [-0.05, 0) is 80.6 Å². The standard InChI is InChI=1S/C40H59N3O8/c1-5-23-49-40-35(43(3)36(46)20-17-27-13-7-8-14-27)26-33(42-48-4)31-24-28(15-9-11-21-44)30(16-10-12-22-45)37(38(31)40)32-25-29(18-19-34(32)51-40)50-39(47)41-6-2/h5,18-19,24-25,27-28,30,35,37-38,44-45H,1,6-17,20-23,26H2,2-4H3,(H,41,47)/t28-,30+,35-,37+,38+,40+/m0/s1. The van der Waals surface area contributed by atoms with E-state index in [9.17, 15) is 19.8 Å². The number of nitrogens with one attached hydrogen (secondary N) is 1. The molecule has 1 aliphatic heterocycles. The highest BCUT2D eigenvalue weighted by atomic mass is 16.7. The molecule has 11 heteroatoms. The molecule has 2 fully saturated rings. The number of fused-ring (bicyclic) bond motifs is 2. The molecule has 4 aliphatic rings. The lowest BCUT2D eigenvalue weighted by atomic mass is 9.55. The normalized spacial score (nSPS) is 27.5. The number of nitrogens with zero attached hydrogens (tertiary/aromatic N) is 2. The molecule has 11 nitrogen and oxygen atoms in total. The van der Waals surface area contributed by atoms with E-state index in [4.69, 9.17) is 19.0 Å². The molecule has 1 heterocycles. The van der Waals surface area contributed by atoms with Gasteiger partial charge in [0, 0.05) is 51.1 Å². The first-order valence-corrected chi connectivity index (χ1v) is 19.1. The van der Waals surface area contributed by atoms with Crippen molar-refractivity contribution in [3.05, 3.63) is 48.1 Å². The van der Waals surface area contributed by atoms with Crippen molar-refractivity contribution >= 4 is 17.7 Å². The molecule has 1 aromatic carbocycles. The maximum Gasteiger partial charge on any atom is 0.412 e. The topological polar surface area (TPSA) is 139 Å². The molecule has 0 saturated heterocycles. The smallest absolute Gasteiger partial charge is 0.412 e. The number of amides is 2. The molecule has 0 spiro atoms. The van der Waals surface area contributed by atoms with Gasteiger partial charge < -0.3 is 39.5 Å². The Morgan fingerprint density at radius 1 is 1.12 bits per heavy atom. The molecular weight excluding hydrogens is 650 g/mol. The number of benzene rings is 1. The predicted octanol–water partition coefficient (Wildman–Crippen LogP) is 6.49. The lowest BCUT2D eigenvalue weighted by Crippen LogP contribution is -2.69. The van der Waals surface area contributed by atoms with Crippen molar-refractivity contribution < 1.29 is 38.9 Å². The van der Waals surface area contributed by atoms with Crippen LogP contribution < -0.4 is 14.8 Å². The fourth-order valence-corrected chi connectivity index (χ4v) is 9.17. The summed E-state index contributed by atoms with van der Waals surface area (Å²) in [5.74, 6) is 0.00464. The van der Waals surface area contributed by atoms with Gasteiger partial charge in [-0.1, -0.05) is 55.8 Å². The number of carbonyl (C=O) groups excluding carboxylic acids is 2. The summed E-state index contributed by atoms with van der Waals surface area (Å²) in [6.07, 6.45) is 14.7. The first kappa shape index (κ1) is 38.8. The van der Waals surface area contributed by atoms with E-state index in [0.29, 0.717) is 49.6 Å². The summed E-state index contributed by atoms with van der Waals surface area (Å²) in [6.45, 7) is 6.68. The number of aliphatic hydroxyl groups is 2. The van der Waals surface area contributed by atoms with Crippen molar-refractivity contribution in [3.8, 4) is 11.5 Å². The Kier molecular flexibility index (Phi) is 14.0. The van der Waals surface area contributed by atoms with Crippen LogP contribution >= 0.6 is 0 Å². The average Bonchev–Trinajstić information content (AvgIpc) is 3.65. The lowest BCUT2D eigenvalue weighted by molar-refractivity contribution is -0.255. The van der Waals surface area contributed by atoms with E-state index in [1.54, 1.807) is 19.3 Å². The molecule has 1 aromatic rings. The number of likely N-dealkylation sites (N-methyl/N-ethyl adjacent to an activating group) is 1. The summed E-state index contributed by atoms with van der Waals surface area (Å²) in [4.78, 5) is 34.0. The first-order valence-electron chi connectivity index (χ1n) is 19.1. The second-order valence-electron chi connectivity index (χ2n) is 14.6. The number of allylic oxidation sites excluding steroid dienone is 1. The monoisotopic (exact) mass is 709 g/mol. The molecule has 5 rings (SSSR count). The zero-order valence-corrected chi connectivity index (χ0v) is 30.8. The summed E-state index contributed by atoms with van der Waals surface area (Å²) in [5, 5.41) is 26.8. The third-order valence-electron chi connectivity index (χ3n) is 11.5. The van der Waals surface area contributed by atoms with Gasteiger partial charge in [0.1, 0.15) is 24.7 Å². The van der Waals surface area contributed by atoms with Crippen LogP contribution in [-0.4, -0.2) is 85.2 Å². The Hall–Kier alpha value is -3.41. The summed E-state index contributed by atoms with van der Waals surface area (Å²) in [7, 11) is 3.40. The Bertz CT molecular complexity index is 1410. The second-order valence-corrected chi connectivity index (χ2v) is 14.6. The second kappa shape index (κ2) is 18.4. The number of rotatable bonds is 18. The van der Waals surface area contributed by atoms with E-state index >= 15 is 0 Å². The number of aliphatic hydroxyl groups excluding tert-OH is 2. The highest BCUT2D eigenvalue weighted by molar-refractivity contribution is 6.03. The van der Waals surface area contributed by atoms with Crippen molar-refractivity contribution in [1.29, 1.82) is 0 Å². The number of unbranched alkanes of at least 4 members (excludes halogenated alkanes) is 2. The van der Waals surface area contributed by atoms with Gasteiger partial charge in [-0.3, -0.25) is 4.79 Å². The molecule has 3 aliphatic carbocycles. The summed E-state index contributed by atoms with van der Waals surface area (Å²) >= 11 is 0. The van der Waals surface area contributed by atoms with Crippen LogP contribution in [-0.2, 0) is 14.4 Å². The van der Waals surface area contributed by atoms with Crippen LogP contribution in [0.25, 0.3) is 0 Å². The van der Waals surface area contributed by atoms with Crippen LogP contribution in [0.2, 0.25) is 0 Å². The van der Waals surface area contributed by atoms with Gasteiger partial charge >= 0.3 is 6.09 Å².